The standard InChI is InChI=1S/C20H13N3O/c24-18-12-6-2-8-14(18)20-21-15-9-3-1-7-13(15)19-22-16-10-4-5-11-17(16)23(19)20/h1-12,24H. The number of phenols is 1. The Morgan fingerprint density at radius 2 is 1.42 bits per heavy atom. The van der Waals surface area contributed by atoms with E-state index < -0.39 is 0 Å². The lowest BCUT2D eigenvalue weighted by Gasteiger charge is -2.10. The maximum absolute atomic E-state index is 10.3. The van der Waals surface area contributed by atoms with Gasteiger partial charge in [0, 0.05) is 5.39 Å². The smallest absolute Gasteiger partial charge is 0.150 e. The molecule has 0 bridgehead atoms. The molecule has 0 fully saturated rings. The minimum absolute atomic E-state index is 0.208. The van der Waals surface area contributed by atoms with E-state index in [1.807, 2.05) is 71.1 Å². The molecule has 0 atom stereocenters. The second kappa shape index (κ2) is 4.80. The van der Waals surface area contributed by atoms with Gasteiger partial charge in [0.15, 0.2) is 5.82 Å². The average Bonchev–Trinajstić information content (AvgIpc) is 3.01. The summed E-state index contributed by atoms with van der Waals surface area (Å²) in [5, 5.41) is 11.3. The molecule has 1 N–H and O–H groups in total. The van der Waals surface area contributed by atoms with Gasteiger partial charge in [0.25, 0.3) is 0 Å². The van der Waals surface area contributed by atoms with E-state index in [0.717, 1.165) is 27.6 Å². The number of hydrogen-bond acceptors (Lipinski definition) is 3. The van der Waals surface area contributed by atoms with Crippen LogP contribution < -0.4 is 0 Å². The number of para-hydroxylation sites is 4. The van der Waals surface area contributed by atoms with Gasteiger partial charge in [-0.25, -0.2) is 9.97 Å². The second-order valence-electron chi connectivity index (χ2n) is 5.73. The molecule has 4 heteroatoms. The molecule has 5 rings (SSSR count). The van der Waals surface area contributed by atoms with E-state index in [4.69, 9.17) is 9.97 Å². The van der Waals surface area contributed by atoms with Crippen molar-refractivity contribution in [1.29, 1.82) is 0 Å². The molecule has 0 aliphatic heterocycles. The van der Waals surface area contributed by atoms with E-state index in [1.54, 1.807) is 6.07 Å². The largest absolute Gasteiger partial charge is 0.507 e. The molecule has 114 valence electrons. The first-order valence-corrected chi connectivity index (χ1v) is 7.77. The van der Waals surface area contributed by atoms with Gasteiger partial charge in [-0.1, -0.05) is 36.4 Å². The SMILES string of the molecule is Oc1ccccc1-c1nc2ccccc2c2nc3ccccc3n12. The molecular weight excluding hydrogens is 298 g/mol. The first kappa shape index (κ1) is 13.1. The maximum atomic E-state index is 10.3. The Hall–Kier alpha value is -3.40. The van der Waals surface area contributed by atoms with Crippen molar-refractivity contribution >= 4 is 27.6 Å². The number of aromatic nitrogens is 3. The van der Waals surface area contributed by atoms with Crippen LogP contribution in [-0.2, 0) is 0 Å². The second-order valence-corrected chi connectivity index (χ2v) is 5.73. The first-order valence-electron chi connectivity index (χ1n) is 7.77. The molecule has 0 aliphatic rings. The van der Waals surface area contributed by atoms with E-state index >= 15 is 0 Å². The lowest BCUT2D eigenvalue weighted by molar-refractivity contribution is 0.477. The number of benzene rings is 3. The van der Waals surface area contributed by atoms with Crippen molar-refractivity contribution in [2.24, 2.45) is 0 Å². The summed E-state index contributed by atoms with van der Waals surface area (Å²) in [5.74, 6) is 0.898. The van der Waals surface area contributed by atoms with Crippen molar-refractivity contribution < 1.29 is 5.11 Å². The van der Waals surface area contributed by atoms with Crippen LogP contribution in [0.4, 0.5) is 0 Å². The van der Waals surface area contributed by atoms with Crippen molar-refractivity contribution in [2.45, 2.75) is 0 Å². The Labute approximate surface area is 137 Å². The zero-order chi connectivity index (χ0) is 16.1. The van der Waals surface area contributed by atoms with Crippen LogP contribution in [0.3, 0.4) is 0 Å². The molecular formula is C20H13N3O. The van der Waals surface area contributed by atoms with Crippen LogP contribution in [0.15, 0.2) is 72.8 Å². The molecule has 0 saturated heterocycles. The van der Waals surface area contributed by atoms with Crippen LogP contribution in [0.2, 0.25) is 0 Å². The Morgan fingerprint density at radius 3 is 2.29 bits per heavy atom. The quantitative estimate of drug-likeness (QED) is 0.499. The van der Waals surface area contributed by atoms with Gasteiger partial charge in [-0.3, -0.25) is 4.40 Å². The number of imidazole rings is 1. The van der Waals surface area contributed by atoms with E-state index in [-0.39, 0.29) is 5.75 Å². The summed E-state index contributed by atoms with van der Waals surface area (Å²) in [4.78, 5) is 9.62. The van der Waals surface area contributed by atoms with Crippen molar-refractivity contribution in [3.8, 4) is 17.1 Å². The monoisotopic (exact) mass is 311 g/mol. The van der Waals surface area contributed by atoms with Crippen LogP contribution in [0.5, 0.6) is 5.75 Å². The molecule has 4 nitrogen and oxygen atoms in total. The summed E-state index contributed by atoms with van der Waals surface area (Å²) in [6.45, 7) is 0. The number of aromatic hydroxyl groups is 1. The van der Waals surface area contributed by atoms with Crippen molar-refractivity contribution in [3.63, 3.8) is 0 Å². The molecule has 0 radical (unpaired) electrons. The van der Waals surface area contributed by atoms with Gasteiger partial charge >= 0.3 is 0 Å². The summed E-state index contributed by atoms with van der Waals surface area (Å²) in [6, 6.07) is 23.2. The summed E-state index contributed by atoms with van der Waals surface area (Å²) >= 11 is 0. The predicted octanol–water partition coefficient (Wildman–Crippen LogP) is 4.41. The third-order valence-electron chi connectivity index (χ3n) is 4.29. The first-order chi connectivity index (χ1) is 11.8. The molecule has 0 amide bonds. The normalized spacial score (nSPS) is 11.5. The topological polar surface area (TPSA) is 50.4 Å². The van der Waals surface area contributed by atoms with Crippen molar-refractivity contribution in [1.82, 2.24) is 14.4 Å². The molecule has 0 spiro atoms. The van der Waals surface area contributed by atoms with E-state index in [2.05, 4.69) is 0 Å². The lowest BCUT2D eigenvalue weighted by Crippen LogP contribution is -1.98. The summed E-state index contributed by atoms with van der Waals surface area (Å²) < 4.78 is 2.02. The number of phenolic OH excluding ortho intramolecular Hbond substituents is 1. The van der Waals surface area contributed by atoms with Crippen LogP contribution in [0, 0.1) is 0 Å². The number of fused-ring (bicyclic) bond motifs is 5. The number of nitrogens with zero attached hydrogens (tertiary/aromatic N) is 3. The molecule has 2 aromatic heterocycles. The van der Waals surface area contributed by atoms with Gasteiger partial charge in [0.1, 0.15) is 11.4 Å². The zero-order valence-corrected chi connectivity index (χ0v) is 12.7. The van der Waals surface area contributed by atoms with E-state index in [9.17, 15) is 5.11 Å². The number of rotatable bonds is 1. The van der Waals surface area contributed by atoms with Crippen LogP contribution in [0.25, 0.3) is 39.0 Å². The third-order valence-corrected chi connectivity index (χ3v) is 4.29. The van der Waals surface area contributed by atoms with Gasteiger partial charge < -0.3 is 5.11 Å². The van der Waals surface area contributed by atoms with Gasteiger partial charge in [-0.15, -0.1) is 0 Å². The Kier molecular flexibility index (Phi) is 2.61. The van der Waals surface area contributed by atoms with Crippen LogP contribution >= 0.6 is 0 Å². The van der Waals surface area contributed by atoms with Gasteiger partial charge in [0.2, 0.25) is 0 Å². The number of hydrogen-bond donors (Lipinski definition) is 1. The molecule has 2 heterocycles. The van der Waals surface area contributed by atoms with E-state index in [1.165, 1.54) is 0 Å². The zero-order valence-electron chi connectivity index (χ0n) is 12.7. The molecule has 5 aromatic rings. The van der Waals surface area contributed by atoms with Crippen molar-refractivity contribution in [2.75, 3.05) is 0 Å². The highest BCUT2D eigenvalue weighted by molar-refractivity contribution is 5.98. The van der Waals surface area contributed by atoms with Gasteiger partial charge in [-0.2, -0.15) is 0 Å². The maximum Gasteiger partial charge on any atom is 0.150 e. The third kappa shape index (κ3) is 1.74. The molecule has 0 unspecified atom stereocenters. The molecule has 0 saturated carbocycles. The van der Waals surface area contributed by atoms with Crippen LogP contribution in [0.1, 0.15) is 0 Å². The highest BCUT2D eigenvalue weighted by Crippen LogP contribution is 2.33. The molecule has 24 heavy (non-hydrogen) atoms. The fourth-order valence-corrected chi connectivity index (χ4v) is 3.19. The van der Waals surface area contributed by atoms with Gasteiger partial charge in [0.05, 0.1) is 22.1 Å². The Balaban J connectivity index is 2.06. The Bertz CT molecular complexity index is 1220. The van der Waals surface area contributed by atoms with Crippen molar-refractivity contribution in [3.05, 3.63) is 72.8 Å². The minimum Gasteiger partial charge on any atom is -0.507 e. The fourth-order valence-electron chi connectivity index (χ4n) is 3.19. The molecule has 3 aromatic carbocycles. The van der Waals surface area contributed by atoms with E-state index in [0.29, 0.717) is 11.4 Å². The summed E-state index contributed by atoms with van der Waals surface area (Å²) in [5.41, 5.74) is 4.28. The lowest BCUT2D eigenvalue weighted by atomic mass is 10.1. The highest BCUT2D eigenvalue weighted by Gasteiger charge is 2.16. The fraction of sp³-hybridized carbons (Fsp3) is 0. The summed E-state index contributed by atoms with van der Waals surface area (Å²) in [6.07, 6.45) is 0. The molecule has 0 aliphatic carbocycles. The minimum atomic E-state index is 0.208. The Morgan fingerprint density at radius 1 is 0.708 bits per heavy atom. The van der Waals surface area contributed by atoms with Gasteiger partial charge in [-0.05, 0) is 36.4 Å². The summed E-state index contributed by atoms with van der Waals surface area (Å²) in [7, 11) is 0. The highest BCUT2D eigenvalue weighted by atomic mass is 16.3. The predicted molar refractivity (Wildman–Crippen MR) is 95.1 cm³/mol. The average molecular weight is 311 g/mol. The van der Waals surface area contributed by atoms with Crippen LogP contribution in [-0.4, -0.2) is 19.5 Å².